The average molecular weight is 338 g/mol. The number of nitrogens with two attached hydrogens (primary N) is 1. The number of hydrogen-bond donors (Lipinski definition) is 3. The number of anilines is 1. The number of carbonyl (C=O) groups excluding carboxylic acids is 1. The van der Waals surface area contributed by atoms with Crippen LogP contribution >= 0.6 is 0 Å². The molecule has 0 aliphatic carbocycles. The first kappa shape index (κ1) is 16.9. The molecule has 1 amide bonds. The van der Waals surface area contributed by atoms with Crippen molar-refractivity contribution < 1.29 is 4.79 Å². The number of aromatic amines is 1. The smallest absolute Gasteiger partial charge is 0.250 e. The zero-order chi connectivity index (χ0) is 18.0. The number of pyridine rings is 2. The molecule has 0 aliphatic rings. The van der Waals surface area contributed by atoms with Crippen molar-refractivity contribution >= 4 is 22.8 Å². The minimum absolute atomic E-state index is 0.401. The van der Waals surface area contributed by atoms with Crippen LogP contribution in [0, 0.1) is 6.92 Å². The number of nitrogens with one attached hydrogen (secondary N) is 2. The van der Waals surface area contributed by atoms with Crippen LogP contribution in [0.25, 0.3) is 22.3 Å². The Kier molecular flexibility index (Phi) is 4.67. The standard InChI is InChI=1S/C18H22N6O/c1-11-4-5-13(17(19)25)16(22-11)14-10-15(20-8-9-24(2)3)23-18-12(14)6-7-21-18/h4-7,10H,8-9H2,1-3H3,(H2,19,25)(H2,20,21,23). The van der Waals surface area contributed by atoms with E-state index in [0.717, 1.165) is 41.2 Å². The lowest BCUT2D eigenvalue weighted by molar-refractivity contribution is 0.100. The van der Waals surface area contributed by atoms with Gasteiger partial charge in [-0.05, 0) is 45.3 Å². The van der Waals surface area contributed by atoms with Gasteiger partial charge < -0.3 is 20.9 Å². The Morgan fingerprint density at radius 3 is 2.80 bits per heavy atom. The summed E-state index contributed by atoms with van der Waals surface area (Å²) < 4.78 is 0. The third-order valence-corrected chi connectivity index (χ3v) is 3.95. The van der Waals surface area contributed by atoms with E-state index in [-0.39, 0.29) is 0 Å². The molecule has 130 valence electrons. The Labute approximate surface area is 146 Å². The number of fused-ring (bicyclic) bond motifs is 1. The summed E-state index contributed by atoms with van der Waals surface area (Å²) in [5.74, 6) is 0.232. The number of primary amides is 1. The van der Waals surface area contributed by atoms with Crippen molar-refractivity contribution in [3.8, 4) is 11.3 Å². The van der Waals surface area contributed by atoms with E-state index >= 15 is 0 Å². The molecular formula is C18H22N6O. The number of hydrogen-bond acceptors (Lipinski definition) is 5. The first-order valence-corrected chi connectivity index (χ1v) is 8.10. The first-order chi connectivity index (χ1) is 12.0. The molecule has 0 bridgehead atoms. The number of aryl methyl sites for hydroxylation is 1. The fraction of sp³-hybridized carbons (Fsp3) is 0.278. The maximum Gasteiger partial charge on any atom is 0.250 e. The summed E-state index contributed by atoms with van der Waals surface area (Å²) in [6, 6.07) is 7.35. The number of likely N-dealkylation sites (N-methyl/N-ethyl adjacent to an activating group) is 1. The molecule has 0 fully saturated rings. The van der Waals surface area contributed by atoms with Crippen LogP contribution in [0.5, 0.6) is 0 Å². The van der Waals surface area contributed by atoms with Gasteiger partial charge in [0.2, 0.25) is 0 Å². The summed E-state index contributed by atoms with van der Waals surface area (Å²) in [7, 11) is 4.04. The van der Waals surface area contributed by atoms with Crippen LogP contribution in [0.2, 0.25) is 0 Å². The van der Waals surface area contributed by atoms with Gasteiger partial charge in [-0.15, -0.1) is 0 Å². The number of nitrogens with zero attached hydrogens (tertiary/aromatic N) is 3. The summed E-state index contributed by atoms with van der Waals surface area (Å²) in [5, 5.41) is 4.22. The second-order valence-electron chi connectivity index (χ2n) is 6.24. The van der Waals surface area contributed by atoms with E-state index in [9.17, 15) is 4.79 Å². The summed E-state index contributed by atoms with van der Waals surface area (Å²) in [5.41, 5.74) is 8.92. The Balaban J connectivity index is 2.11. The van der Waals surface area contributed by atoms with Gasteiger partial charge in [-0.25, -0.2) is 4.98 Å². The molecule has 4 N–H and O–H groups in total. The van der Waals surface area contributed by atoms with Crippen molar-refractivity contribution in [2.24, 2.45) is 5.73 Å². The van der Waals surface area contributed by atoms with E-state index < -0.39 is 5.91 Å². The molecule has 0 spiro atoms. The molecule has 3 aromatic heterocycles. The molecule has 0 aromatic carbocycles. The van der Waals surface area contributed by atoms with Gasteiger partial charge in [0, 0.05) is 35.9 Å². The Hall–Kier alpha value is -2.93. The van der Waals surface area contributed by atoms with Crippen molar-refractivity contribution in [1.82, 2.24) is 19.9 Å². The van der Waals surface area contributed by atoms with Crippen molar-refractivity contribution in [2.75, 3.05) is 32.5 Å². The van der Waals surface area contributed by atoms with E-state index in [2.05, 4.69) is 25.2 Å². The zero-order valence-electron chi connectivity index (χ0n) is 14.6. The highest BCUT2D eigenvalue weighted by Gasteiger charge is 2.16. The van der Waals surface area contributed by atoms with Crippen LogP contribution in [0.4, 0.5) is 5.82 Å². The van der Waals surface area contributed by atoms with Gasteiger partial charge in [0.1, 0.15) is 11.5 Å². The van der Waals surface area contributed by atoms with E-state index in [1.54, 1.807) is 12.1 Å². The van der Waals surface area contributed by atoms with Gasteiger partial charge in [0.05, 0.1) is 11.3 Å². The highest BCUT2D eigenvalue weighted by Crippen LogP contribution is 2.31. The number of H-pyrrole nitrogens is 1. The lowest BCUT2D eigenvalue weighted by Crippen LogP contribution is -2.21. The van der Waals surface area contributed by atoms with Gasteiger partial charge in [-0.2, -0.15) is 0 Å². The molecule has 3 aromatic rings. The summed E-state index contributed by atoms with van der Waals surface area (Å²) in [6.07, 6.45) is 1.82. The number of rotatable bonds is 6. The maximum absolute atomic E-state index is 11.9. The van der Waals surface area contributed by atoms with Crippen LogP contribution in [0.15, 0.2) is 30.5 Å². The minimum atomic E-state index is -0.495. The van der Waals surface area contributed by atoms with Crippen molar-refractivity contribution in [1.29, 1.82) is 0 Å². The van der Waals surface area contributed by atoms with Crippen molar-refractivity contribution in [3.05, 3.63) is 41.7 Å². The molecule has 0 unspecified atom stereocenters. The summed E-state index contributed by atoms with van der Waals surface area (Å²) in [6.45, 7) is 3.53. The maximum atomic E-state index is 11.9. The normalized spacial score (nSPS) is 11.2. The summed E-state index contributed by atoms with van der Waals surface area (Å²) >= 11 is 0. The quantitative estimate of drug-likeness (QED) is 0.638. The molecule has 0 saturated carbocycles. The second-order valence-corrected chi connectivity index (χ2v) is 6.24. The lowest BCUT2D eigenvalue weighted by atomic mass is 10.0. The van der Waals surface area contributed by atoms with Gasteiger partial charge in [0.25, 0.3) is 5.91 Å². The Morgan fingerprint density at radius 2 is 2.08 bits per heavy atom. The fourth-order valence-electron chi connectivity index (χ4n) is 2.69. The fourth-order valence-corrected chi connectivity index (χ4v) is 2.69. The Morgan fingerprint density at radius 1 is 1.28 bits per heavy atom. The van der Waals surface area contributed by atoms with Gasteiger partial charge in [0.15, 0.2) is 0 Å². The largest absolute Gasteiger partial charge is 0.369 e. The minimum Gasteiger partial charge on any atom is -0.369 e. The highest BCUT2D eigenvalue weighted by molar-refractivity contribution is 6.03. The number of aromatic nitrogens is 3. The van der Waals surface area contributed by atoms with E-state index in [1.165, 1.54) is 0 Å². The van der Waals surface area contributed by atoms with Gasteiger partial charge in [-0.3, -0.25) is 9.78 Å². The monoisotopic (exact) mass is 338 g/mol. The topological polar surface area (TPSA) is 99.9 Å². The van der Waals surface area contributed by atoms with Crippen LogP contribution in [0.1, 0.15) is 16.1 Å². The molecule has 7 heteroatoms. The zero-order valence-corrected chi connectivity index (χ0v) is 14.6. The average Bonchev–Trinajstić information content (AvgIpc) is 3.01. The molecule has 3 heterocycles. The lowest BCUT2D eigenvalue weighted by Gasteiger charge is -2.13. The third-order valence-electron chi connectivity index (χ3n) is 3.95. The van der Waals surface area contributed by atoms with Crippen LogP contribution in [-0.2, 0) is 0 Å². The van der Waals surface area contributed by atoms with Crippen LogP contribution in [-0.4, -0.2) is 52.9 Å². The molecule has 25 heavy (non-hydrogen) atoms. The molecule has 0 atom stereocenters. The van der Waals surface area contributed by atoms with Gasteiger partial charge >= 0.3 is 0 Å². The van der Waals surface area contributed by atoms with E-state index in [4.69, 9.17) is 5.73 Å². The van der Waals surface area contributed by atoms with Crippen molar-refractivity contribution in [2.45, 2.75) is 6.92 Å². The molecule has 3 rings (SSSR count). The Bertz CT molecular complexity index is 915. The van der Waals surface area contributed by atoms with Crippen LogP contribution < -0.4 is 11.1 Å². The predicted molar refractivity (Wildman–Crippen MR) is 99.6 cm³/mol. The molecule has 0 saturated heterocycles. The SMILES string of the molecule is Cc1ccc(C(N)=O)c(-c2cc(NCCN(C)C)nc3[nH]ccc23)n1. The molecule has 0 radical (unpaired) electrons. The summed E-state index contributed by atoms with van der Waals surface area (Å²) in [4.78, 5) is 26.2. The second kappa shape index (κ2) is 6.90. The molecule has 7 nitrogen and oxygen atoms in total. The third kappa shape index (κ3) is 3.61. The number of amides is 1. The molecular weight excluding hydrogens is 316 g/mol. The predicted octanol–water partition coefficient (Wildman–Crippen LogP) is 2.01. The van der Waals surface area contributed by atoms with Crippen molar-refractivity contribution in [3.63, 3.8) is 0 Å². The highest BCUT2D eigenvalue weighted by atomic mass is 16.1. The van der Waals surface area contributed by atoms with E-state index in [1.807, 2.05) is 39.3 Å². The van der Waals surface area contributed by atoms with Crippen LogP contribution in [0.3, 0.4) is 0 Å². The first-order valence-electron chi connectivity index (χ1n) is 8.10. The number of carbonyl (C=O) groups is 1. The van der Waals surface area contributed by atoms with Gasteiger partial charge in [-0.1, -0.05) is 0 Å². The van der Waals surface area contributed by atoms with E-state index in [0.29, 0.717) is 11.3 Å². The molecule has 0 aliphatic heterocycles.